The van der Waals surface area contributed by atoms with Gasteiger partial charge in [-0.25, -0.2) is 54.5 Å². The summed E-state index contributed by atoms with van der Waals surface area (Å²) in [4.78, 5) is 59.5. The topological polar surface area (TPSA) is 567 Å². The van der Waals surface area contributed by atoms with Crippen molar-refractivity contribution in [1.82, 2.24) is 64.8 Å². The Balaban J connectivity index is 0.000000154. The van der Waals surface area contributed by atoms with Crippen LogP contribution in [0, 0.1) is 54.8 Å². The molecule has 626 valence electrons. The van der Waals surface area contributed by atoms with Gasteiger partial charge in [0.2, 0.25) is 21.3 Å². The maximum absolute atomic E-state index is 11.2. The Bertz CT molecular complexity index is 4310. The summed E-state index contributed by atoms with van der Waals surface area (Å²) < 4.78 is 58.6. The average molecular weight is 1730 g/mol. The smallest absolute Gasteiger partial charge is 0.348 e. The Morgan fingerprint density at radius 1 is 0.398 bits per heavy atom. The number of anilines is 4. The number of ether oxygens (including phenoxy) is 10. The Morgan fingerprint density at radius 3 is 1.10 bits per heavy atom. The quantitative estimate of drug-likeness (QED) is 0.0434. The van der Waals surface area contributed by atoms with E-state index in [2.05, 4.69) is 70.8 Å². The molecule has 6 aromatic heterocycles. The van der Waals surface area contributed by atoms with Crippen molar-refractivity contribution in [2.75, 3.05) is 22.1 Å². The fourth-order valence-corrected chi connectivity index (χ4v) is 16.3. The van der Waals surface area contributed by atoms with E-state index in [1.165, 1.54) is 0 Å². The lowest BCUT2D eigenvalue weighted by atomic mass is 10.2. The highest BCUT2D eigenvalue weighted by molar-refractivity contribution is 6.37. The summed E-state index contributed by atoms with van der Waals surface area (Å²) in [6, 6.07) is -0.934. The molecule has 6 aromatic rings. The standard InChI is InChI=1S/C13H16ClN5O3.C13H17ClN4O5.C13H19ClN4O3.2C8H15NO3.C5H3Cl2N3O2.C5H5Cl2N3.CH4/c1-5-15-11(14)8-12(16-5)19(18-17-8)6-4-7(20)10-9(6)21-13(2,3)22-10;1-5-15-11(14)8(18(20)21)12(16-5)17-6-4-7(19)10-9(6)22-13(2,3)23-10;1-5-16-11(14)8(15)12(17-5)18-6-4-7(19)10-9(6)20-13(2,3)21-10;2*1-8(2)11-6-4(9)3-5(10)7(6)12-8;1-2-8-4(6)3(10(11)12)5(7)9-2;1-2-9-4(6)3(8)5(7)10-2;/h6-7,9-10,20H,4H2,1-3H3;6-7,9-10,19H,4H2,1-3H3,(H,15,16,17);6-7,9-10,19H,4,15H2,1-3H3,(H,16,17,18);2*4-7,10H,3,9H2,1-2H3;1H3;8H2,1H3;1H4/t3*6-,7+,9+,10-;2*4-,5+,6+,7-;;;/m11111.../s1. The third-order valence-corrected chi connectivity index (χ3v) is 20.7. The summed E-state index contributed by atoms with van der Waals surface area (Å²) in [7, 11) is 0. The van der Waals surface area contributed by atoms with E-state index in [1.54, 1.807) is 53.1 Å². The first-order valence-corrected chi connectivity index (χ1v) is 37.8. The lowest BCUT2D eigenvalue weighted by Crippen LogP contribution is -2.35. The van der Waals surface area contributed by atoms with Crippen molar-refractivity contribution in [2.24, 2.45) is 11.5 Å². The first kappa shape index (κ1) is 91.1. The minimum absolute atomic E-state index is 0. The molecule has 40 nitrogen and oxygen atoms in total. The van der Waals surface area contributed by atoms with E-state index in [0.29, 0.717) is 83.9 Å². The normalized spacial score (nSPS) is 32.1. The SMILES string of the molecule is C.CC1(C)O[C@@H]2[C@H](O1)[C@@H](O)C[C@H]2N.CC1(C)O[C@@H]2[C@H](O1)[C@@H](O)C[C@H]2N.Cc1nc(Cl)c(N)c(Cl)n1.Cc1nc(Cl)c(N)c(N[C@@H]2C[C@H](O)[C@H]3OC(C)(C)O[C@H]32)n1.Cc1nc(Cl)c([N+](=O)[O-])c(Cl)n1.Cc1nc(Cl)c([N+](=O)[O-])c(N[C@@H]2C[C@H](O)[C@H]3OC(C)(C)O[C@H]32)n1.Cc1nc(Cl)c2nnn([C@@H]3C[C@H](O)[C@H]4OC(C)(C)O[C@H]43)c2n1. The predicted molar refractivity (Wildman–Crippen MR) is 411 cm³/mol. The van der Waals surface area contributed by atoms with Crippen LogP contribution >= 0.6 is 81.2 Å². The number of hydrogen-bond acceptors (Lipinski definition) is 37. The molecule has 11 heterocycles. The molecule has 20 atom stereocenters. The van der Waals surface area contributed by atoms with Gasteiger partial charge in [-0.3, -0.25) is 20.2 Å². The van der Waals surface area contributed by atoms with Crippen molar-refractivity contribution in [3.8, 4) is 0 Å². The van der Waals surface area contributed by atoms with E-state index in [4.69, 9.17) is 152 Å². The van der Waals surface area contributed by atoms with Gasteiger partial charge in [-0.15, -0.1) is 5.10 Å². The molecule has 0 unspecified atom stereocenters. The number of aromatic nitrogens is 13. The molecule has 0 aromatic carbocycles. The number of rotatable bonds is 7. The molecule has 16 rings (SSSR count). The predicted octanol–water partition coefficient (Wildman–Crippen LogP) is 7.01. The van der Waals surface area contributed by atoms with Gasteiger partial charge in [-0.05, 0) is 130 Å². The Kier molecular flexibility index (Phi) is 28.5. The van der Waals surface area contributed by atoms with Crippen molar-refractivity contribution in [3.05, 3.63) is 85.4 Å². The summed E-state index contributed by atoms with van der Waals surface area (Å²) >= 11 is 39.9. The van der Waals surface area contributed by atoms with Gasteiger partial charge in [0, 0.05) is 18.5 Å². The van der Waals surface area contributed by atoms with E-state index in [-0.39, 0.29) is 134 Å². The lowest BCUT2D eigenvalue weighted by Gasteiger charge is -2.23. The molecule has 10 fully saturated rings. The van der Waals surface area contributed by atoms with Gasteiger partial charge in [-0.1, -0.05) is 93.8 Å². The van der Waals surface area contributed by atoms with E-state index in [9.17, 15) is 45.8 Å². The molecule has 113 heavy (non-hydrogen) atoms. The molecular formula is C66H94Cl7N21O19. The highest BCUT2D eigenvalue weighted by atomic mass is 35.5. The third-order valence-electron chi connectivity index (χ3n) is 18.8. The van der Waals surface area contributed by atoms with E-state index >= 15 is 0 Å². The van der Waals surface area contributed by atoms with Crippen LogP contribution in [0.3, 0.4) is 0 Å². The fourth-order valence-electron chi connectivity index (χ4n) is 14.4. The van der Waals surface area contributed by atoms with E-state index in [0.717, 1.165) is 0 Å². The monoisotopic (exact) mass is 1730 g/mol. The van der Waals surface area contributed by atoms with Gasteiger partial charge in [-0.2, -0.15) is 0 Å². The van der Waals surface area contributed by atoms with Gasteiger partial charge in [0.05, 0.1) is 58.5 Å². The number of fused-ring (bicyclic) bond motifs is 6. The minimum atomic E-state index is -0.818. The van der Waals surface area contributed by atoms with Crippen molar-refractivity contribution in [2.45, 2.75) is 294 Å². The number of nitro groups is 2. The lowest BCUT2D eigenvalue weighted by molar-refractivity contribution is -0.385. The molecule has 47 heteroatoms. The molecule has 0 bridgehead atoms. The Labute approximate surface area is 683 Å². The van der Waals surface area contributed by atoms with E-state index in [1.807, 2.05) is 55.4 Å². The summed E-state index contributed by atoms with van der Waals surface area (Å²) in [6.07, 6.45) is -3.36. The zero-order valence-electron chi connectivity index (χ0n) is 63.2. The summed E-state index contributed by atoms with van der Waals surface area (Å²) in [6.45, 7) is 26.5. The Morgan fingerprint density at radius 2 is 0.690 bits per heavy atom. The van der Waals surface area contributed by atoms with E-state index < -0.39 is 92.9 Å². The average Bonchev–Trinajstić information content (AvgIpc) is 1.60. The van der Waals surface area contributed by atoms with Crippen LogP contribution in [0.25, 0.3) is 11.2 Å². The molecule has 0 spiro atoms. The molecule has 5 aliphatic carbocycles. The molecule has 0 radical (unpaired) electrons. The number of halogens is 7. The Hall–Kier alpha value is -5.85. The van der Waals surface area contributed by atoms with Gasteiger partial charge < -0.3 is 106 Å². The number of aliphatic hydroxyl groups excluding tert-OH is 5. The van der Waals surface area contributed by atoms with Crippen molar-refractivity contribution in [3.63, 3.8) is 0 Å². The number of aryl methyl sites for hydroxylation is 5. The van der Waals surface area contributed by atoms with Gasteiger partial charge >= 0.3 is 11.4 Å². The molecule has 0 amide bonds. The molecule has 10 aliphatic rings. The number of nitrogens with zero attached hydrogens (tertiary/aromatic N) is 15. The van der Waals surface area contributed by atoms with Crippen LogP contribution in [-0.4, -0.2) is 245 Å². The highest BCUT2D eigenvalue weighted by Crippen LogP contribution is 2.47. The minimum Gasteiger partial charge on any atom is -0.394 e. The van der Waals surface area contributed by atoms with Crippen molar-refractivity contribution in [1.29, 1.82) is 0 Å². The van der Waals surface area contributed by atoms with Crippen LogP contribution in [0.15, 0.2) is 0 Å². The third kappa shape index (κ3) is 21.2. The number of hydrogen-bond donors (Lipinski definition) is 11. The second-order valence-electron chi connectivity index (χ2n) is 30.1. The first-order valence-electron chi connectivity index (χ1n) is 35.2. The second kappa shape index (κ2) is 35.4. The zero-order valence-corrected chi connectivity index (χ0v) is 68.5. The molecule has 15 N–H and O–H groups in total. The van der Waals surface area contributed by atoms with Crippen LogP contribution in [0.2, 0.25) is 36.1 Å². The second-order valence-corrected chi connectivity index (χ2v) is 32.6. The van der Waals surface area contributed by atoms with Crippen LogP contribution in [0.5, 0.6) is 0 Å². The summed E-state index contributed by atoms with van der Waals surface area (Å²) in [5.74, 6) is -0.769. The molecule has 5 saturated heterocycles. The zero-order chi connectivity index (χ0) is 82.8. The fraction of sp³-hybridized carbons (Fsp3) is 0.697. The van der Waals surface area contributed by atoms with Crippen LogP contribution in [0.1, 0.15) is 144 Å². The molecular weight excluding hydrogens is 1640 g/mol. The van der Waals surface area contributed by atoms with Crippen LogP contribution < -0.4 is 33.6 Å². The van der Waals surface area contributed by atoms with Crippen molar-refractivity contribution >= 4 is 127 Å². The number of nitrogens with two attached hydrogens (primary N) is 4. The number of nitrogen functional groups attached to an aromatic ring is 2. The van der Waals surface area contributed by atoms with Gasteiger partial charge in [0.15, 0.2) is 66.5 Å². The maximum atomic E-state index is 11.2. The van der Waals surface area contributed by atoms with Crippen molar-refractivity contribution < 1.29 is 82.7 Å². The van der Waals surface area contributed by atoms with Crippen LogP contribution in [-0.2, 0) is 47.4 Å². The largest absolute Gasteiger partial charge is 0.394 e. The summed E-state index contributed by atoms with van der Waals surface area (Å²) in [5.41, 5.74) is 23.5. The molecule has 5 aliphatic heterocycles. The first-order chi connectivity index (χ1) is 51.9. The number of nitrogens with one attached hydrogen (secondary N) is 2. The number of aliphatic hydroxyl groups is 5. The maximum Gasteiger partial charge on any atom is 0.348 e. The summed E-state index contributed by atoms with van der Waals surface area (Å²) in [5, 5.41) is 85.6. The van der Waals surface area contributed by atoms with Crippen LogP contribution in [0.4, 0.5) is 34.4 Å². The highest BCUT2D eigenvalue weighted by Gasteiger charge is 2.58. The molecule has 5 saturated carbocycles. The van der Waals surface area contributed by atoms with Gasteiger partial charge in [0.1, 0.15) is 102 Å². The van der Waals surface area contributed by atoms with Gasteiger partial charge in [0.25, 0.3) is 0 Å².